The van der Waals surface area contributed by atoms with Gasteiger partial charge in [0.05, 0.1) is 19.8 Å². The summed E-state index contributed by atoms with van der Waals surface area (Å²) < 4.78 is 16.2. The van der Waals surface area contributed by atoms with E-state index in [-0.39, 0.29) is 23.0 Å². The fraction of sp³-hybridized carbons (Fsp3) is 0.130. The van der Waals surface area contributed by atoms with Gasteiger partial charge in [0.2, 0.25) is 11.2 Å². The number of nitrogens with one attached hydrogen (secondary N) is 1. The van der Waals surface area contributed by atoms with Gasteiger partial charge in [0.15, 0.2) is 17.3 Å². The van der Waals surface area contributed by atoms with Gasteiger partial charge in [-0.15, -0.1) is 0 Å². The SMILES string of the molecule is COc1cccc(-c2nc(-c3cccc(OC)c3O)[nH]c2-c2oc(C)cc(=O)c2O)c1. The summed E-state index contributed by atoms with van der Waals surface area (Å²) in [6.07, 6.45) is 0. The number of phenols is 1. The number of phenolic OH excluding ortho intramolecular Hbond substituents is 1. The zero-order valence-electron chi connectivity index (χ0n) is 17.1. The molecule has 8 heteroatoms. The standard InChI is InChI=1S/C23H20N2O6/c1-12-10-16(26)21(28)22(31-12)19-18(13-6-4-7-14(11-13)29-2)24-23(25-19)15-8-5-9-17(30-3)20(15)27/h4-11,27-28H,1-3H3,(H,24,25). The van der Waals surface area contributed by atoms with E-state index in [0.717, 1.165) is 0 Å². The Morgan fingerprint density at radius 3 is 2.52 bits per heavy atom. The van der Waals surface area contributed by atoms with Crippen LogP contribution in [0.15, 0.2) is 57.7 Å². The maximum absolute atomic E-state index is 12.2. The predicted octanol–water partition coefficient (Wildman–Crippen LogP) is 4.10. The van der Waals surface area contributed by atoms with Crippen LogP contribution < -0.4 is 14.9 Å². The van der Waals surface area contributed by atoms with E-state index in [0.29, 0.717) is 34.2 Å². The molecule has 0 bridgehead atoms. The van der Waals surface area contributed by atoms with Crippen LogP contribution in [0.4, 0.5) is 0 Å². The van der Waals surface area contributed by atoms with Crippen LogP contribution in [0.2, 0.25) is 0 Å². The Kier molecular flexibility index (Phi) is 5.12. The number of ether oxygens (including phenoxy) is 2. The lowest BCUT2D eigenvalue weighted by molar-refractivity contribution is 0.374. The summed E-state index contributed by atoms with van der Waals surface area (Å²) in [6.45, 7) is 1.61. The number of hydrogen-bond acceptors (Lipinski definition) is 7. The van der Waals surface area contributed by atoms with E-state index in [9.17, 15) is 15.0 Å². The van der Waals surface area contributed by atoms with Crippen molar-refractivity contribution < 1.29 is 24.1 Å². The number of hydrogen-bond donors (Lipinski definition) is 3. The second-order valence-corrected chi connectivity index (χ2v) is 6.80. The van der Waals surface area contributed by atoms with Gasteiger partial charge in [-0.2, -0.15) is 0 Å². The summed E-state index contributed by atoms with van der Waals surface area (Å²) in [5, 5.41) is 21.0. The first kappa shape index (κ1) is 20.1. The topological polar surface area (TPSA) is 118 Å². The highest BCUT2D eigenvalue weighted by atomic mass is 16.5. The highest BCUT2D eigenvalue weighted by Crippen LogP contribution is 2.41. The highest BCUT2D eigenvalue weighted by molar-refractivity contribution is 5.82. The number of H-pyrrole nitrogens is 1. The van der Waals surface area contributed by atoms with Crippen LogP contribution >= 0.6 is 0 Å². The Morgan fingerprint density at radius 2 is 1.77 bits per heavy atom. The van der Waals surface area contributed by atoms with Gasteiger partial charge in [-0.05, 0) is 31.2 Å². The minimum absolute atomic E-state index is 0.0519. The van der Waals surface area contributed by atoms with Crippen molar-refractivity contribution in [2.45, 2.75) is 6.92 Å². The van der Waals surface area contributed by atoms with Gasteiger partial charge in [0, 0.05) is 11.6 Å². The van der Waals surface area contributed by atoms with E-state index in [4.69, 9.17) is 13.9 Å². The zero-order chi connectivity index (χ0) is 22.1. The number of aryl methyl sites for hydroxylation is 1. The normalized spacial score (nSPS) is 10.8. The number of aromatic hydroxyl groups is 2. The summed E-state index contributed by atoms with van der Waals surface area (Å²) >= 11 is 0. The largest absolute Gasteiger partial charge is 0.504 e. The van der Waals surface area contributed by atoms with Crippen molar-refractivity contribution in [3.05, 3.63) is 64.5 Å². The van der Waals surface area contributed by atoms with E-state index in [2.05, 4.69) is 9.97 Å². The lowest BCUT2D eigenvalue weighted by Gasteiger charge is -2.07. The third-order valence-corrected chi connectivity index (χ3v) is 4.79. The molecule has 8 nitrogen and oxygen atoms in total. The minimum atomic E-state index is -0.573. The fourth-order valence-electron chi connectivity index (χ4n) is 3.30. The van der Waals surface area contributed by atoms with Crippen LogP contribution in [0, 0.1) is 6.92 Å². The number of para-hydroxylation sites is 1. The van der Waals surface area contributed by atoms with E-state index in [1.165, 1.54) is 13.2 Å². The molecule has 0 aliphatic heterocycles. The Balaban J connectivity index is 2.01. The first-order chi connectivity index (χ1) is 14.9. The number of aromatic nitrogens is 2. The summed E-state index contributed by atoms with van der Waals surface area (Å²) in [4.78, 5) is 19.9. The molecule has 3 N–H and O–H groups in total. The average molecular weight is 420 g/mol. The molecule has 0 fully saturated rings. The summed E-state index contributed by atoms with van der Waals surface area (Å²) in [5.41, 5.74) is 1.15. The smallest absolute Gasteiger partial charge is 0.227 e. The zero-order valence-corrected chi connectivity index (χ0v) is 17.1. The van der Waals surface area contributed by atoms with Gasteiger partial charge in [0.25, 0.3) is 0 Å². The molecule has 0 radical (unpaired) electrons. The highest BCUT2D eigenvalue weighted by Gasteiger charge is 2.23. The average Bonchev–Trinajstić information content (AvgIpc) is 3.21. The van der Waals surface area contributed by atoms with E-state index >= 15 is 0 Å². The third-order valence-electron chi connectivity index (χ3n) is 4.79. The number of benzene rings is 2. The molecule has 31 heavy (non-hydrogen) atoms. The molecular formula is C23H20N2O6. The van der Waals surface area contributed by atoms with Gasteiger partial charge < -0.3 is 29.1 Å². The van der Waals surface area contributed by atoms with Gasteiger partial charge in [0.1, 0.15) is 28.7 Å². The van der Waals surface area contributed by atoms with Crippen molar-refractivity contribution in [3.8, 4) is 57.1 Å². The molecule has 0 aliphatic carbocycles. The molecule has 158 valence electrons. The molecule has 0 spiro atoms. The minimum Gasteiger partial charge on any atom is -0.504 e. The lowest BCUT2D eigenvalue weighted by Crippen LogP contribution is -2.01. The van der Waals surface area contributed by atoms with Gasteiger partial charge >= 0.3 is 0 Å². The number of aromatic amines is 1. The summed E-state index contributed by atoms with van der Waals surface area (Å²) in [7, 11) is 3.00. The fourth-order valence-corrected chi connectivity index (χ4v) is 3.30. The third kappa shape index (κ3) is 3.59. The maximum Gasteiger partial charge on any atom is 0.227 e. The number of nitrogens with zero attached hydrogens (tertiary/aromatic N) is 1. The second kappa shape index (κ2) is 7.91. The molecule has 2 aromatic heterocycles. The molecular weight excluding hydrogens is 400 g/mol. The van der Waals surface area contributed by atoms with Crippen LogP contribution in [0.1, 0.15) is 5.76 Å². The van der Waals surface area contributed by atoms with Crippen LogP contribution in [-0.4, -0.2) is 34.4 Å². The number of methoxy groups -OCH3 is 2. The Labute approximate surface area is 177 Å². The molecule has 0 unspecified atom stereocenters. The van der Waals surface area contributed by atoms with E-state index in [1.54, 1.807) is 50.4 Å². The lowest BCUT2D eigenvalue weighted by atomic mass is 10.1. The molecule has 2 heterocycles. The predicted molar refractivity (Wildman–Crippen MR) is 115 cm³/mol. The first-order valence-corrected chi connectivity index (χ1v) is 9.37. The van der Waals surface area contributed by atoms with Crippen molar-refractivity contribution >= 4 is 0 Å². The van der Waals surface area contributed by atoms with Gasteiger partial charge in [-0.25, -0.2) is 4.98 Å². The van der Waals surface area contributed by atoms with Crippen molar-refractivity contribution in [3.63, 3.8) is 0 Å². The van der Waals surface area contributed by atoms with Crippen LogP contribution in [-0.2, 0) is 0 Å². The molecule has 4 aromatic rings. The van der Waals surface area contributed by atoms with Crippen molar-refractivity contribution in [1.29, 1.82) is 0 Å². The Bertz CT molecular complexity index is 1320. The van der Waals surface area contributed by atoms with Crippen LogP contribution in [0.5, 0.6) is 23.0 Å². The van der Waals surface area contributed by atoms with Gasteiger partial charge in [-0.1, -0.05) is 18.2 Å². The number of imidazole rings is 1. The first-order valence-electron chi connectivity index (χ1n) is 9.37. The van der Waals surface area contributed by atoms with E-state index in [1.807, 2.05) is 6.07 Å². The Hall–Kier alpha value is -4.20. The van der Waals surface area contributed by atoms with E-state index < -0.39 is 11.2 Å². The van der Waals surface area contributed by atoms with Crippen LogP contribution in [0.3, 0.4) is 0 Å². The molecule has 0 saturated heterocycles. The summed E-state index contributed by atoms with van der Waals surface area (Å²) in [6, 6.07) is 13.4. The van der Waals surface area contributed by atoms with Crippen molar-refractivity contribution in [1.82, 2.24) is 9.97 Å². The second-order valence-electron chi connectivity index (χ2n) is 6.80. The van der Waals surface area contributed by atoms with Crippen LogP contribution in [0.25, 0.3) is 34.1 Å². The summed E-state index contributed by atoms with van der Waals surface area (Å²) in [5.74, 6) is 0.819. The van der Waals surface area contributed by atoms with Gasteiger partial charge in [-0.3, -0.25) is 4.79 Å². The monoisotopic (exact) mass is 420 g/mol. The number of rotatable bonds is 5. The molecule has 0 saturated carbocycles. The molecule has 0 atom stereocenters. The molecule has 4 rings (SSSR count). The molecule has 2 aromatic carbocycles. The molecule has 0 amide bonds. The van der Waals surface area contributed by atoms with Crippen molar-refractivity contribution in [2.24, 2.45) is 0 Å². The molecule has 0 aliphatic rings. The maximum atomic E-state index is 12.2. The quantitative estimate of drug-likeness (QED) is 0.445. The Morgan fingerprint density at radius 1 is 1.00 bits per heavy atom. The van der Waals surface area contributed by atoms with Crippen molar-refractivity contribution in [2.75, 3.05) is 14.2 Å².